The van der Waals surface area contributed by atoms with Crippen molar-refractivity contribution in [2.45, 2.75) is 97.9 Å². The van der Waals surface area contributed by atoms with E-state index in [0.717, 1.165) is 25.1 Å². The number of hydrogen-bond donors (Lipinski definition) is 3. The number of ketones is 1. The third-order valence-electron chi connectivity index (χ3n) is 9.32. The molecule has 0 N–H and O–H groups in total. The molecular formula is C22H38B2OS3. The van der Waals surface area contributed by atoms with Crippen molar-refractivity contribution in [1.29, 1.82) is 0 Å². The summed E-state index contributed by atoms with van der Waals surface area (Å²) in [4.78, 5) is 13.1. The molecule has 0 amide bonds. The molecule has 28 heavy (non-hydrogen) atoms. The second-order valence-corrected chi connectivity index (χ2v) is 13.4. The van der Waals surface area contributed by atoms with Crippen molar-refractivity contribution in [3.63, 3.8) is 0 Å². The number of fused-ring (bicyclic) bond motifs is 5. The monoisotopic (exact) mass is 436 g/mol. The quantitative estimate of drug-likeness (QED) is 0.428. The Morgan fingerprint density at radius 1 is 1.18 bits per heavy atom. The van der Waals surface area contributed by atoms with Crippen LogP contribution in [0.25, 0.3) is 0 Å². The summed E-state index contributed by atoms with van der Waals surface area (Å²) in [5.41, 5.74) is 0. The van der Waals surface area contributed by atoms with Crippen molar-refractivity contribution in [2.75, 3.05) is 0 Å². The van der Waals surface area contributed by atoms with Gasteiger partial charge in [-0.15, -0.1) is 0 Å². The van der Waals surface area contributed by atoms with E-state index in [-0.39, 0.29) is 15.3 Å². The average Bonchev–Trinajstić information content (AvgIpc) is 2.99. The highest BCUT2D eigenvalue weighted by molar-refractivity contribution is 7.83. The predicted octanol–water partition coefficient (Wildman–Crippen LogP) is 4.48. The second-order valence-electron chi connectivity index (χ2n) is 10.8. The first-order valence-corrected chi connectivity index (χ1v) is 13.3. The van der Waals surface area contributed by atoms with Crippen LogP contribution < -0.4 is 0 Å². The normalized spacial score (nSPS) is 47.4. The van der Waals surface area contributed by atoms with Gasteiger partial charge in [-0.3, -0.25) is 4.79 Å². The van der Waals surface area contributed by atoms with Crippen molar-refractivity contribution in [2.24, 2.45) is 29.6 Å². The number of carbonyl (C=O) groups excluding carboxylic acids is 1. The third-order valence-corrected chi connectivity index (χ3v) is 11.3. The first-order chi connectivity index (χ1) is 13.3. The Hall–Kier alpha value is 0.850. The minimum absolute atomic E-state index is 0.0141. The summed E-state index contributed by atoms with van der Waals surface area (Å²) >= 11 is 15.3. The lowest BCUT2D eigenvalue weighted by Gasteiger charge is -2.59. The van der Waals surface area contributed by atoms with E-state index < -0.39 is 0 Å². The smallest absolute Gasteiger partial charge is 0.141 e. The predicted molar refractivity (Wildman–Crippen MR) is 135 cm³/mol. The maximum absolute atomic E-state index is 13.1. The maximum Gasteiger partial charge on any atom is 0.141 e. The SMILES string of the molecule is BC(CCCC(C)S)C1CCC2C3CC(=O)C4CCCCC4(S)C3CBC12S. The molecule has 0 aromatic rings. The molecule has 0 spiro atoms. The van der Waals surface area contributed by atoms with Crippen molar-refractivity contribution >= 4 is 58.8 Å². The minimum Gasteiger partial charge on any atom is -0.299 e. The fourth-order valence-electron chi connectivity index (χ4n) is 8.03. The molecule has 3 aliphatic carbocycles. The van der Waals surface area contributed by atoms with Crippen LogP contribution in [0.15, 0.2) is 0 Å². The van der Waals surface area contributed by atoms with E-state index >= 15 is 0 Å². The summed E-state index contributed by atoms with van der Waals surface area (Å²) in [7, 11) is 3.70. The zero-order chi connectivity index (χ0) is 20.1. The highest BCUT2D eigenvalue weighted by atomic mass is 32.1. The van der Waals surface area contributed by atoms with Crippen LogP contribution in [0.5, 0.6) is 0 Å². The second kappa shape index (κ2) is 8.41. The number of carbonyl (C=O) groups is 1. The molecule has 0 aromatic heterocycles. The van der Waals surface area contributed by atoms with Crippen molar-refractivity contribution < 1.29 is 4.79 Å². The average molecular weight is 436 g/mol. The number of rotatable bonds is 5. The van der Waals surface area contributed by atoms with Gasteiger partial charge in [0.1, 0.15) is 20.9 Å². The lowest BCUT2D eigenvalue weighted by atomic mass is 9.38. The van der Waals surface area contributed by atoms with E-state index in [1.165, 1.54) is 58.5 Å². The topological polar surface area (TPSA) is 17.1 Å². The molecule has 1 saturated heterocycles. The Labute approximate surface area is 190 Å². The lowest BCUT2D eigenvalue weighted by Crippen LogP contribution is -2.61. The van der Waals surface area contributed by atoms with Gasteiger partial charge in [0.25, 0.3) is 0 Å². The molecule has 0 aromatic carbocycles. The molecule has 4 rings (SSSR count). The van der Waals surface area contributed by atoms with Gasteiger partial charge in [-0.1, -0.05) is 44.7 Å². The Balaban J connectivity index is 1.50. The Kier molecular flexibility index (Phi) is 6.63. The summed E-state index contributed by atoms with van der Waals surface area (Å²) in [5.74, 6) is 4.03. The van der Waals surface area contributed by atoms with Gasteiger partial charge in [-0.25, -0.2) is 0 Å². The Morgan fingerprint density at radius 3 is 2.71 bits per heavy atom. The summed E-state index contributed by atoms with van der Waals surface area (Å²) in [6.07, 6.45) is 13.2. The van der Waals surface area contributed by atoms with Gasteiger partial charge in [0.15, 0.2) is 0 Å². The third kappa shape index (κ3) is 3.68. The van der Waals surface area contributed by atoms with Gasteiger partial charge in [-0.05, 0) is 65.7 Å². The van der Waals surface area contributed by atoms with Gasteiger partial charge in [0.2, 0.25) is 0 Å². The van der Waals surface area contributed by atoms with Gasteiger partial charge in [0.05, 0.1) is 0 Å². The molecule has 156 valence electrons. The molecule has 9 atom stereocenters. The molecule has 1 aliphatic heterocycles. The van der Waals surface area contributed by atoms with Crippen LogP contribution >= 0.6 is 37.9 Å². The van der Waals surface area contributed by atoms with Crippen LogP contribution in [-0.2, 0) is 4.79 Å². The van der Waals surface area contributed by atoms with Crippen molar-refractivity contribution in [3.05, 3.63) is 0 Å². The zero-order valence-corrected chi connectivity index (χ0v) is 20.5. The summed E-state index contributed by atoms with van der Waals surface area (Å²) in [5, 5.41) is 0.507. The molecule has 6 heteroatoms. The summed E-state index contributed by atoms with van der Waals surface area (Å²) in [6, 6.07) is 0. The van der Waals surface area contributed by atoms with E-state index in [1.54, 1.807) is 0 Å². The first-order valence-electron chi connectivity index (χ1n) is 11.9. The molecule has 1 nitrogen and oxygen atoms in total. The number of thiol groups is 3. The van der Waals surface area contributed by atoms with E-state index in [4.69, 9.17) is 25.3 Å². The lowest BCUT2D eigenvalue weighted by molar-refractivity contribution is -0.132. The number of Topliss-reactive ketones (excluding diaryl/α,β-unsaturated/α-hetero) is 1. The molecule has 1 heterocycles. The molecular weight excluding hydrogens is 398 g/mol. The van der Waals surface area contributed by atoms with E-state index in [9.17, 15) is 4.79 Å². The number of hydrogen-bond acceptors (Lipinski definition) is 4. The van der Waals surface area contributed by atoms with Crippen LogP contribution in [0.1, 0.15) is 71.1 Å². The van der Waals surface area contributed by atoms with Gasteiger partial charge < -0.3 is 0 Å². The maximum atomic E-state index is 13.1. The van der Waals surface area contributed by atoms with Crippen LogP contribution in [-0.4, -0.2) is 35.6 Å². The standard InChI is InChI=1S/C22H38B2OS3/c1-13(26)5-4-7-19(23)16-9-8-15-14-11-20(25)17-6-2-3-10-21(17,27)18(14)12-24-22(15,16)28/h13-19,24,26-28H,2-12,23H2,1H3. The van der Waals surface area contributed by atoms with E-state index in [0.29, 0.717) is 34.7 Å². The van der Waals surface area contributed by atoms with Gasteiger partial charge in [-0.2, -0.15) is 37.9 Å². The van der Waals surface area contributed by atoms with Crippen LogP contribution in [0.3, 0.4) is 0 Å². The van der Waals surface area contributed by atoms with Crippen LogP contribution in [0.4, 0.5) is 0 Å². The fourth-order valence-corrected chi connectivity index (χ4v) is 9.80. The molecule has 0 bridgehead atoms. The summed E-state index contributed by atoms with van der Waals surface area (Å²) in [6.45, 7) is 2.20. The fraction of sp³-hybridized carbons (Fsp3) is 0.955. The van der Waals surface area contributed by atoms with Crippen LogP contribution in [0, 0.1) is 29.6 Å². The first kappa shape index (κ1) is 22.1. The highest BCUT2D eigenvalue weighted by Crippen LogP contribution is 2.64. The van der Waals surface area contributed by atoms with Crippen molar-refractivity contribution in [1.82, 2.24) is 0 Å². The van der Waals surface area contributed by atoms with E-state index in [2.05, 4.69) is 27.4 Å². The summed E-state index contributed by atoms with van der Waals surface area (Å²) < 4.78 is 0.138. The Bertz CT molecular complexity index is 602. The Morgan fingerprint density at radius 2 is 1.96 bits per heavy atom. The molecule has 3 saturated carbocycles. The van der Waals surface area contributed by atoms with Gasteiger partial charge in [0, 0.05) is 17.1 Å². The van der Waals surface area contributed by atoms with Crippen LogP contribution in [0.2, 0.25) is 12.1 Å². The minimum atomic E-state index is -0.0141. The molecule has 4 aliphatic rings. The van der Waals surface area contributed by atoms with E-state index in [1.807, 2.05) is 0 Å². The highest BCUT2D eigenvalue weighted by Gasteiger charge is 2.63. The largest absolute Gasteiger partial charge is 0.299 e. The van der Waals surface area contributed by atoms with Gasteiger partial charge >= 0.3 is 0 Å². The molecule has 0 radical (unpaired) electrons. The molecule has 9 unspecified atom stereocenters. The molecule has 4 fully saturated rings. The van der Waals surface area contributed by atoms with Crippen molar-refractivity contribution in [3.8, 4) is 0 Å². The zero-order valence-electron chi connectivity index (χ0n) is 17.8.